The molecule has 0 fully saturated rings. The molecule has 1 unspecified atom stereocenters. The molecule has 102 valence electrons. The molecule has 0 aliphatic rings. The number of sulfone groups is 1. The van der Waals surface area contributed by atoms with E-state index in [-0.39, 0.29) is 0 Å². The molecule has 1 atom stereocenters. The van der Waals surface area contributed by atoms with Crippen LogP contribution in [0, 0.1) is 0 Å². The van der Waals surface area contributed by atoms with Gasteiger partial charge in [0.25, 0.3) is 0 Å². The number of rotatable bonds is 5. The van der Waals surface area contributed by atoms with Gasteiger partial charge < -0.3 is 5.73 Å². The molecule has 0 bridgehead atoms. The first kappa shape index (κ1) is 15.2. The third-order valence-electron chi connectivity index (χ3n) is 3.70. The van der Waals surface area contributed by atoms with Crippen molar-refractivity contribution in [3.8, 4) is 0 Å². The van der Waals surface area contributed by atoms with Crippen molar-refractivity contribution in [2.24, 2.45) is 5.73 Å². The lowest BCUT2D eigenvalue weighted by Crippen LogP contribution is -2.27. The minimum atomic E-state index is -3.12. The van der Waals surface area contributed by atoms with Gasteiger partial charge in [-0.3, -0.25) is 0 Å². The smallest absolute Gasteiger partial charge is 0.156 e. The Labute approximate surface area is 110 Å². The number of nitrogens with two attached hydrogens (primary N) is 1. The quantitative estimate of drug-likeness (QED) is 0.893. The van der Waals surface area contributed by atoms with Crippen molar-refractivity contribution in [3.05, 3.63) is 35.4 Å². The summed E-state index contributed by atoms with van der Waals surface area (Å²) in [4.78, 5) is 0. The standard InChI is InChI=1S/C14H23NO2S/c1-11(9-10-15)12-5-7-13(8-6-12)14(2,3)18(4,16)17/h5-8,11H,9-10,15H2,1-4H3. The van der Waals surface area contributed by atoms with Crippen LogP contribution in [0.25, 0.3) is 0 Å². The molecule has 3 nitrogen and oxygen atoms in total. The van der Waals surface area contributed by atoms with E-state index in [0.717, 1.165) is 12.0 Å². The van der Waals surface area contributed by atoms with E-state index in [2.05, 4.69) is 6.92 Å². The van der Waals surface area contributed by atoms with Gasteiger partial charge in [0.05, 0.1) is 4.75 Å². The molecule has 0 aromatic heterocycles. The van der Waals surface area contributed by atoms with E-state index in [1.165, 1.54) is 11.8 Å². The molecule has 0 aliphatic heterocycles. The highest BCUT2D eigenvalue weighted by Crippen LogP contribution is 2.30. The number of benzene rings is 1. The Morgan fingerprint density at radius 3 is 2.11 bits per heavy atom. The summed E-state index contributed by atoms with van der Waals surface area (Å²) in [5.74, 6) is 0.408. The maximum atomic E-state index is 11.8. The van der Waals surface area contributed by atoms with Crippen LogP contribution >= 0.6 is 0 Å². The zero-order valence-corrected chi connectivity index (χ0v) is 12.4. The summed E-state index contributed by atoms with van der Waals surface area (Å²) in [6.45, 7) is 6.27. The summed E-state index contributed by atoms with van der Waals surface area (Å²) < 4.78 is 22.7. The fraction of sp³-hybridized carbons (Fsp3) is 0.571. The van der Waals surface area contributed by atoms with E-state index in [9.17, 15) is 8.42 Å². The fourth-order valence-corrected chi connectivity index (χ4v) is 2.41. The van der Waals surface area contributed by atoms with Crippen LogP contribution in [0.5, 0.6) is 0 Å². The van der Waals surface area contributed by atoms with Crippen LogP contribution in [0.3, 0.4) is 0 Å². The Hall–Kier alpha value is -0.870. The number of hydrogen-bond donors (Lipinski definition) is 1. The van der Waals surface area contributed by atoms with Crippen molar-refractivity contribution < 1.29 is 8.42 Å². The molecule has 0 saturated carbocycles. The van der Waals surface area contributed by atoms with Crippen molar-refractivity contribution >= 4 is 9.84 Å². The van der Waals surface area contributed by atoms with Gasteiger partial charge in [-0.15, -0.1) is 0 Å². The maximum absolute atomic E-state index is 11.8. The number of hydrogen-bond acceptors (Lipinski definition) is 3. The summed E-state index contributed by atoms with van der Waals surface area (Å²) in [6, 6.07) is 7.82. The zero-order chi connectivity index (χ0) is 14.0. The Bertz CT molecular complexity index is 489. The molecule has 1 rings (SSSR count). The van der Waals surface area contributed by atoms with Crippen LogP contribution in [-0.2, 0) is 14.6 Å². The Kier molecular flexibility index (Phi) is 4.56. The molecular formula is C14H23NO2S. The highest BCUT2D eigenvalue weighted by Gasteiger charge is 2.32. The summed E-state index contributed by atoms with van der Waals surface area (Å²) in [5.41, 5.74) is 7.57. The van der Waals surface area contributed by atoms with Crippen LogP contribution in [0.1, 0.15) is 44.2 Å². The second-order valence-corrected chi connectivity index (χ2v) is 7.95. The summed E-state index contributed by atoms with van der Waals surface area (Å²) in [7, 11) is -3.12. The zero-order valence-electron chi connectivity index (χ0n) is 11.6. The van der Waals surface area contributed by atoms with Crippen molar-refractivity contribution in [3.63, 3.8) is 0 Å². The molecule has 0 amide bonds. The van der Waals surface area contributed by atoms with E-state index in [1.807, 2.05) is 24.3 Å². The predicted octanol–water partition coefficient (Wildman–Crippen LogP) is 2.42. The second-order valence-electron chi connectivity index (χ2n) is 5.38. The molecule has 0 radical (unpaired) electrons. The van der Waals surface area contributed by atoms with Crippen LogP contribution in [0.15, 0.2) is 24.3 Å². The molecule has 0 aliphatic carbocycles. The third kappa shape index (κ3) is 3.12. The van der Waals surface area contributed by atoms with Crippen molar-refractivity contribution in [2.45, 2.75) is 37.9 Å². The van der Waals surface area contributed by atoms with Crippen molar-refractivity contribution in [1.29, 1.82) is 0 Å². The summed E-state index contributed by atoms with van der Waals surface area (Å²) in [6.07, 6.45) is 2.22. The van der Waals surface area contributed by atoms with Gasteiger partial charge in [0.15, 0.2) is 9.84 Å². The van der Waals surface area contributed by atoms with E-state index in [4.69, 9.17) is 5.73 Å². The average molecular weight is 269 g/mol. The van der Waals surface area contributed by atoms with Gasteiger partial charge in [-0.25, -0.2) is 8.42 Å². The minimum Gasteiger partial charge on any atom is -0.330 e. The van der Waals surface area contributed by atoms with Crippen molar-refractivity contribution in [2.75, 3.05) is 12.8 Å². The fourth-order valence-electron chi connectivity index (χ4n) is 1.84. The Morgan fingerprint density at radius 2 is 1.72 bits per heavy atom. The van der Waals surface area contributed by atoms with Gasteiger partial charge in [0.2, 0.25) is 0 Å². The highest BCUT2D eigenvalue weighted by molar-refractivity contribution is 7.91. The minimum absolute atomic E-state index is 0.408. The van der Waals surface area contributed by atoms with Crippen LogP contribution in [0.4, 0.5) is 0 Å². The molecule has 0 spiro atoms. The van der Waals surface area contributed by atoms with E-state index < -0.39 is 14.6 Å². The molecule has 1 aromatic rings. The lowest BCUT2D eigenvalue weighted by molar-refractivity contribution is 0.561. The Morgan fingerprint density at radius 1 is 1.22 bits per heavy atom. The lowest BCUT2D eigenvalue weighted by atomic mass is 9.94. The molecule has 4 heteroatoms. The van der Waals surface area contributed by atoms with Gasteiger partial charge in [-0.05, 0) is 43.9 Å². The second kappa shape index (κ2) is 5.41. The van der Waals surface area contributed by atoms with Crippen LogP contribution < -0.4 is 5.73 Å². The maximum Gasteiger partial charge on any atom is 0.156 e. The Balaban J connectivity index is 3.03. The summed E-state index contributed by atoms with van der Waals surface area (Å²) >= 11 is 0. The van der Waals surface area contributed by atoms with Crippen molar-refractivity contribution in [1.82, 2.24) is 0 Å². The molecule has 2 N–H and O–H groups in total. The normalized spacial score (nSPS) is 14.5. The van der Waals surface area contributed by atoms with Gasteiger partial charge in [-0.1, -0.05) is 31.2 Å². The monoisotopic (exact) mass is 269 g/mol. The van der Waals surface area contributed by atoms with E-state index in [0.29, 0.717) is 12.5 Å². The first-order chi connectivity index (χ1) is 8.20. The topological polar surface area (TPSA) is 60.2 Å². The first-order valence-electron chi connectivity index (χ1n) is 6.20. The summed E-state index contributed by atoms with van der Waals surface area (Å²) in [5, 5.41) is 0. The molecule has 0 heterocycles. The molecule has 0 saturated heterocycles. The largest absolute Gasteiger partial charge is 0.330 e. The van der Waals surface area contributed by atoms with Gasteiger partial charge in [0.1, 0.15) is 0 Å². The van der Waals surface area contributed by atoms with Gasteiger partial charge in [-0.2, -0.15) is 0 Å². The third-order valence-corrected chi connectivity index (χ3v) is 5.79. The first-order valence-corrected chi connectivity index (χ1v) is 8.09. The van der Waals surface area contributed by atoms with Gasteiger partial charge in [0, 0.05) is 6.26 Å². The average Bonchev–Trinajstić information content (AvgIpc) is 2.28. The molecular weight excluding hydrogens is 246 g/mol. The van der Waals surface area contributed by atoms with E-state index >= 15 is 0 Å². The van der Waals surface area contributed by atoms with Crippen LogP contribution in [0.2, 0.25) is 0 Å². The lowest BCUT2D eigenvalue weighted by Gasteiger charge is -2.23. The predicted molar refractivity (Wildman–Crippen MR) is 76.4 cm³/mol. The molecule has 18 heavy (non-hydrogen) atoms. The van der Waals surface area contributed by atoms with Gasteiger partial charge >= 0.3 is 0 Å². The highest BCUT2D eigenvalue weighted by atomic mass is 32.2. The molecule has 1 aromatic carbocycles. The van der Waals surface area contributed by atoms with E-state index in [1.54, 1.807) is 13.8 Å². The SMILES string of the molecule is CC(CCN)c1ccc(C(C)(C)S(C)(=O)=O)cc1. The van der Waals surface area contributed by atoms with Crippen LogP contribution in [-0.4, -0.2) is 21.2 Å².